The van der Waals surface area contributed by atoms with Crippen LogP contribution in [0.5, 0.6) is 5.75 Å². The molecule has 0 aliphatic heterocycles. The van der Waals surface area contributed by atoms with E-state index >= 15 is 0 Å². The Hall–Kier alpha value is -1.97. The Labute approximate surface area is 98.2 Å². The van der Waals surface area contributed by atoms with Gasteiger partial charge in [0, 0.05) is 10.9 Å². The first kappa shape index (κ1) is 10.2. The number of aromatic nitrogens is 1. The highest BCUT2D eigenvalue weighted by Gasteiger charge is 2.21. The molecule has 0 unspecified atom stereocenters. The molecule has 1 saturated carbocycles. The van der Waals surface area contributed by atoms with Crippen LogP contribution in [0.4, 0.5) is 0 Å². The van der Waals surface area contributed by atoms with Crippen LogP contribution in [0, 0.1) is 5.92 Å². The summed E-state index contributed by atoms with van der Waals surface area (Å²) in [6.07, 6.45) is 2.52. The van der Waals surface area contributed by atoms with Crippen LogP contribution in [0.1, 0.15) is 23.3 Å². The van der Waals surface area contributed by atoms with Gasteiger partial charge < -0.3 is 14.8 Å². The van der Waals surface area contributed by atoms with E-state index in [1.54, 1.807) is 6.07 Å². The van der Waals surface area contributed by atoms with Crippen molar-refractivity contribution in [3.05, 3.63) is 30.0 Å². The topological polar surface area (TPSA) is 62.3 Å². The van der Waals surface area contributed by atoms with Gasteiger partial charge in [-0.25, -0.2) is 4.79 Å². The lowest BCUT2D eigenvalue weighted by Gasteiger charge is -2.04. The molecule has 4 heteroatoms. The molecule has 17 heavy (non-hydrogen) atoms. The minimum atomic E-state index is -0.943. The lowest BCUT2D eigenvalue weighted by Crippen LogP contribution is -1.98. The lowest BCUT2D eigenvalue weighted by atomic mass is 10.2. The summed E-state index contributed by atoms with van der Waals surface area (Å²) in [7, 11) is 0. The molecule has 0 saturated heterocycles. The third-order valence-electron chi connectivity index (χ3n) is 3.01. The predicted octanol–water partition coefficient (Wildman–Crippen LogP) is 2.65. The Morgan fingerprint density at radius 2 is 2.24 bits per heavy atom. The van der Waals surface area contributed by atoms with Gasteiger partial charge in [-0.1, -0.05) is 0 Å². The first-order valence-electron chi connectivity index (χ1n) is 5.71. The maximum Gasteiger partial charge on any atom is 0.352 e. The Balaban J connectivity index is 1.86. The van der Waals surface area contributed by atoms with E-state index in [0.717, 1.165) is 23.3 Å². The van der Waals surface area contributed by atoms with Crippen LogP contribution in [0.15, 0.2) is 24.3 Å². The molecule has 1 aliphatic carbocycles. The van der Waals surface area contributed by atoms with Crippen LogP contribution < -0.4 is 4.74 Å². The standard InChI is InChI=1S/C13H13NO3/c15-13(16)12-6-9-5-10(3-4-11(9)14-12)17-7-8-1-2-8/h3-6,8,14H,1-2,7H2,(H,15,16). The van der Waals surface area contributed by atoms with Crippen molar-refractivity contribution in [1.82, 2.24) is 4.98 Å². The van der Waals surface area contributed by atoms with Gasteiger partial charge in [0.25, 0.3) is 0 Å². The quantitative estimate of drug-likeness (QED) is 0.850. The van der Waals surface area contributed by atoms with Crippen LogP contribution in [0.3, 0.4) is 0 Å². The van der Waals surface area contributed by atoms with Gasteiger partial charge in [0.2, 0.25) is 0 Å². The number of hydrogen-bond acceptors (Lipinski definition) is 2. The SMILES string of the molecule is O=C(O)c1cc2cc(OCC3CC3)ccc2[nH]1. The summed E-state index contributed by atoms with van der Waals surface area (Å²) in [6.45, 7) is 0.766. The zero-order valence-corrected chi connectivity index (χ0v) is 9.27. The number of aromatic carboxylic acids is 1. The summed E-state index contributed by atoms with van der Waals surface area (Å²) in [6, 6.07) is 7.22. The third kappa shape index (κ3) is 2.11. The van der Waals surface area contributed by atoms with Crippen molar-refractivity contribution in [1.29, 1.82) is 0 Å². The van der Waals surface area contributed by atoms with Crippen LogP contribution in [0.2, 0.25) is 0 Å². The van der Waals surface area contributed by atoms with E-state index in [-0.39, 0.29) is 5.69 Å². The van der Waals surface area contributed by atoms with Crippen molar-refractivity contribution < 1.29 is 14.6 Å². The second-order valence-corrected chi connectivity index (χ2v) is 4.49. The van der Waals surface area contributed by atoms with E-state index in [1.165, 1.54) is 12.8 Å². The molecule has 0 atom stereocenters. The number of fused-ring (bicyclic) bond motifs is 1. The molecule has 0 amide bonds. The van der Waals surface area contributed by atoms with Gasteiger partial charge in [0.15, 0.2) is 0 Å². The zero-order chi connectivity index (χ0) is 11.8. The molecule has 1 aromatic carbocycles. The van der Waals surface area contributed by atoms with Crippen molar-refractivity contribution in [3.8, 4) is 5.75 Å². The summed E-state index contributed by atoms with van der Waals surface area (Å²) in [5.74, 6) is 0.577. The molecule has 1 fully saturated rings. The first-order valence-corrected chi connectivity index (χ1v) is 5.71. The number of carboxylic acids is 1. The average Bonchev–Trinajstić information content (AvgIpc) is 3.03. The fourth-order valence-electron chi connectivity index (χ4n) is 1.81. The Morgan fingerprint density at radius 3 is 2.94 bits per heavy atom. The zero-order valence-electron chi connectivity index (χ0n) is 9.27. The van der Waals surface area contributed by atoms with Crippen molar-refractivity contribution in [2.24, 2.45) is 5.92 Å². The van der Waals surface area contributed by atoms with E-state index in [1.807, 2.05) is 18.2 Å². The van der Waals surface area contributed by atoms with E-state index in [9.17, 15) is 4.79 Å². The number of rotatable bonds is 4. The fraction of sp³-hybridized carbons (Fsp3) is 0.308. The Morgan fingerprint density at radius 1 is 1.41 bits per heavy atom. The maximum atomic E-state index is 10.8. The number of ether oxygens (including phenoxy) is 1. The van der Waals surface area contributed by atoms with Crippen LogP contribution in [-0.4, -0.2) is 22.7 Å². The van der Waals surface area contributed by atoms with Gasteiger partial charge >= 0.3 is 5.97 Å². The second kappa shape index (κ2) is 3.80. The van der Waals surface area contributed by atoms with Crippen LogP contribution in [-0.2, 0) is 0 Å². The van der Waals surface area contributed by atoms with Crippen molar-refractivity contribution >= 4 is 16.9 Å². The number of benzene rings is 1. The third-order valence-corrected chi connectivity index (χ3v) is 3.01. The van der Waals surface area contributed by atoms with Crippen LogP contribution >= 0.6 is 0 Å². The number of H-pyrrole nitrogens is 1. The number of aromatic amines is 1. The largest absolute Gasteiger partial charge is 0.493 e. The number of carbonyl (C=O) groups is 1. The molecule has 1 aromatic heterocycles. The van der Waals surface area contributed by atoms with Crippen molar-refractivity contribution in [3.63, 3.8) is 0 Å². The second-order valence-electron chi connectivity index (χ2n) is 4.49. The molecule has 1 heterocycles. The van der Waals surface area contributed by atoms with Gasteiger partial charge in [-0.15, -0.1) is 0 Å². The molecule has 0 radical (unpaired) electrons. The van der Waals surface area contributed by atoms with Crippen LogP contribution in [0.25, 0.3) is 10.9 Å². The monoisotopic (exact) mass is 231 g/mol. The van der Waals surface area contributed by atoms with Gasteiger partial charge in [-0.05, 0) is 43.0 Å². The molecule has 2 N–H and O–H groups in total. The van der Waals surface area contributed by atoms with Crippen molar-refractivity contribution in [2.75, 3.05) is 6.61 Å². The van der Waals surface area contributed by atoms with E-state index < -0.39 is 5.97 Å². The van der Waals surface area contributed by atoms with Gasteiger partial charge in [0.1, 0.15) is 11.4 Å². The van der Waals surface area contributed by atoms with Gasteiger partial charge in [0.05, 0.1) is 6.61 Å². The molecular weight excluding hydrogens is 218 g/mol. The molecule has 88 valence electrons. The lowest BCUT2D eigenvalue weighted by molar-refractivity contribution is 0.0691. The fourth-order valence-corrected chi connectivity index (χ4v) is 1.81. The first-order chi connectivity index (χ1) is 8.22. The summed E-state index contributed by atoms with van der Waals surface area (Å²) < 4.78 is 5.65. The summed E-state index contributed by atoms with van der Waals surface area (Å²) in [5.41, 5.74) is 1.03. The highest BCUT2D eigenvalue weighted by molar-refractivity contribution is 5.94. The predicted molar refractivity (Wildman–Crippen MR) is 63.5 cm³/mol. The van der Waals surface area contributed by atoms with Gasteiger partial charge in [-0.2, -0.15) is 0 Å². The van der Waals surface area contributed by atoms with E-state index in [2.05, 4.69) is 4.98 Å². The number of carboxylic acid groups (broad SMARTS) is 1. The average molecular weight is 231 g/mol. The molecule has 2 aromatic rings. The smallest absolute Gasteiger partial charge is 0.352 e. The highest BCUT2D eigenvalue weighted by atomic mass is 16.5. The molecular formula is C13H13NO3. The molecule has 3 rings (SSSR count). The van der Waals surface area contributed by atoms with E-state index in [0.29, 0.717) is 5.92 Å². The Kier molecular flexibility index (Phi) is 2.28. The number of hydrogen-bond donors (Lipinski definition) is 2. The number of nitrogens with one attached hydrogen (secondary N) is 1. The van der Waals surface area contributed by atoms with Crippen molar-refractivity contribution in [2.45, 2.75) is 12.8 Å². The minimum Gasteiger partial charge on any atom is -0.493 e. The molecule has 0 spiro atoms. The molecule has 4 nitrogen and oxygen atoms in total. The minimum absolute atomic E-state index is 0.208. The summed E-state index contributed by atoms with van der Waals surface area (Å²) in [5, 5.41) is 9.75. The summed E-state index contributed by atoms with van der Waals surface area (Å²) in [4.78, 5) is 13.7. The Bertz CT molecular complexity index is 569. The van der Waals surface area contributed by atoms with Gasteiger partial charge in [-0.3, -0.25) is 0 Å². The maximum absolute atomic E-state index is 10.8. The molecule has 1 aliphatic rings. The highest BCUT2D eigenvalue weighted by Crippen LogP contribution is 2.30. The van der Waals surface area contributed by atoms with E-state index in [4.69, 9.17) is 9.84 Å². The normalized spacial score (nSPS) is 15.1. The molecule has 0 bridgehead atoms. The summed E-state index contributed by atoms with van der Waals surface area (Å²) >= 11 is 0.